The van der Waals surface area contributed by atoms with Crippen molar-refractivity contribution in [3.63, 3.8) is 0 Å². The van der Waals surface area contributed by atoms with Gasteiger partial charge in [-0.05, 0) is 24.3 Å². The Kier molecular flexibility index (Phi) is 2.60. The first-order valence-electron chi connectivity index (χ1n) is 6.73. The lowest BCUT2D eigenvalue weighted by Crippen LogP contribution is -2.08. The van der Waals surface area contributed by atoms with Crippen LogP contribution in [0.5, 0.6) is 0 Å². The summed E-state index contributed by atoms with van der Waals surface area (Å²) in [5.74, 6) is 0.323. The van der Waals surface area contributed by atoms with Crippen LogP contribution in [0.1, 0.15) is 10.6 Å². The minimum absolute atomic E-state index is 0.0608. The topological polar surface area (TPSA) is 48.0 Å². The summed E-state index contributed by atoms with van der Waals surface area (Å²) < 4.78 is 7.45. The van der Waals surface area contributed by atoms with Crippen LogP contribution in [-0.2, 0) is 6.54 Å². The summed E-state index contributed by atoms with van der Waals surface area (Å²) in [6.07, 6.45) is 1.69. The SMILES string of the molecule is O=C(Cn1cnc2ccccc21)c1cc2ccccc2o1. The molecule has 4 aromatic rings. The molecule has 0 aliphatic carbocycles. The number of carbonyl (C=O) groups excluding carboxylic acids is 1. The molecular weight excluding hydrogens is 264 g/mol. The fourth-order valence-corrected chi connectivity index (χ4v) is 2.49. The van der Waals surface area contributed by atoms with Crippen LogP contribution < -0.4 is 0 Å². The number of fused-ring (bicyclic) bond motifs is 2. The molecule has 4 heteroatoms. The van der Waals surface area contributed by atoms with E-state index in [-0.39, 0.29) is 12.3 Å². The van der Waals surface area contributed by atoms with Crippen LogP contribution in [0, 0.1) is 0 Å². The molecule has 0 aliphatic heterocycles. The number of carbonyl (C=O) groups is 1. The summed E-state index contributed by atoms with van der Waals surface area (Å²) in [6.45, 7) is 0.223. The van der Waals surface area contributed by atoms with Gasteiger partial charge in [0.1, 0.15) is 5.58 Å². The van der Waals surface area contributed by atoms with Crippen molar-refractivity contribution in [1.82, 2.24) is 9.55 Å². The first-order valence-corrected chi connectivity index (χ1v) is 6.73. The van der Waals surface area contributed by atoms with E-state index in [9.17, 15) is 4.79 Å². The van der Waals surface area contributed by atoms with Crippen LogP contribution in [0.15, 0.2) is 65.3 Å². The van der Waals surface area contributed by atoms with Gasteiger partial charge in [-0.15, -0.1) is 0 Å². The van der Waals surface area contributed by atoms with Gasteiger partial charge in [-0.25, -0.2) is 4.98 Å². The van der Waals surface area contributed by atoms with Gasteiger partial charge in [0.15, 0.2) is 5.76 Å². The number of hydrogen-bond donors (Lipinski definition) is 0. The fraction of sp³-hybridized carbons (Fsp3) is 0.0588. The first kappa shape index (κ1) is 11.9. The number of nitrogens with zero attached hydrogens (tertiary/aromatic N) is 2. The molecule has 0 saturated heterocycles. The Labute approximate surface area is 120 Å². The summed E-state index contributed by atoms with van der Waals surface area (Å²) in [5.41, 5.74) is 2.56. The van der Waals surface area contributed by atoms with Crippen molar-refractivity contribution in [3.8, 4) is 0 Å². The maximum Gasteiger partial charge on any atom is 0.217 e. The van der Waals surface area contributed by atoms with Crippen LogP contribution >= 0.6 is 0 Å². The van der Waals surface area contributed by atoms with E-state index in [1.165, 1.54) is 0 Å². The van der Waals surface area contributed by atoms with E-state index in [0.717, 1.165) is 22.0 Å². The molecule has 21 heavy (non-hydrogen) atoms. The zero-order chi connectivity index (χ0) is 14.2. The Morgan fingerprint density at radius 2 is 1.90 bits per heavy atom. The van der Waals surface area contributed by atoms with Gasteiger partial charge < -0.3 is 8.98 Å². The highest BCUT2D eigenvalue weighted by Crippen LogP contribution is 2.20. The molecule has 4 rings (SSSR count). The molecule has 0 aliphatic rings. The van der Waals surface area contributed by atoms with Crippen LogP contribution in [0.2, 0.25) is 0 Å². The van der Waals surface area contributed by atoms with Crippen molar-refractivity contribution in [2.75, 3.05) is 0 Å². The molecule has 2 aromatic heterocycles. The van der Waals surface area contributed by atoms with E-state index >= 15 is 0 Å². The second-order valence-electron chi connectivity index (χ2n) is 4.93. The Morgan fingerprint density at radius 3 is 2.81 bits per heavy atom. The highest BCUT2D eigenvalue weighted by Gasteiger charge is 2.14. The van der Waals surface area contributed by atoms with E-state index in [0.29, 0.717) is 5.76 Å². The Balaban J connectivity index is 1.69. The largest absolute Gasteiger partial charge is 0.453 e. The highest BCUT2D eigenvalue weighted by atomic mass is 16.3. The second kappa shape index (κ2) is 4.59. The van der Waals surface area contributed by atoms with Crippen LogP contribution in [-0.4, -0.2) is 15.3 Å². The van der Waals surface area contributed by atoms with Gasteiger partial charge in [-0.3, -0.25) is 4.79 Å². The predicted octanol–water partition coefficient (Wildman–Crippen LogP) is 3.67. The number of imidazole rings is 1. The number of furan rings is 1. The molecule has 0 amide bonds. The zero-order valence-electron chi connectivity index (χ0n) is 11.2. The van der Waals surface area contributed by atoms with Gasteiger partial charge in [0.25, 0.3) is 0 Å². The van der Waals surface area contributed by atoms with Crippen molar-refractivity contribution in [3.05, 3.63) is 66.7 Å². The van der Waals surface area contributed by atoms with E-state index in [4.69, 9.17) is 4.42 Å². The quantitative estimate of drug-likeness (QED) is 0.536. The molecule has 0 N–H and O–H groups in total. The maximum atomic E-state index is 12.4. The number of para-hydroxylation sites is 3. The molecule has 4 nitrogen and oxygen atoms in total. The minimum atomic E-state index is -0.0608. The van der Waals surface area contributed by atoms with E-state index < -0.39 is 0 Å². The van der Waals surface area contributed by atoms with Crippen molar-refractivity contribution in [1.29, 1.82) is 0 Å². The van der Waals surface area contributed by atoms with Gasteiger partial charge in [-0.2, -0.15) is 0 Å². The lowest BCUT2D eigenvalue weighted by atomic mass is 10.2. The molecule has 0 radical (unpaired) electrons. The monoisotopic (exact) mass is 276 g/mol. The average Bonchev–Trinajstić information content (AvgIpc) is 3.11. The summed E-state index contributed by atoms with van der Waals surface area (Å²) in [4.78, 5) is 16.7. The fourth-order valence-electron chi connectivity index (χ4n) is 2.49. The lowest BCUT2D eigenvalue weighted by Gasteiger charge is -2.01. The van der Waals surface area contributed by atoms with Gasteiger partial charge in [0.2, 0.25) is 5.78 Å². The molecule has 2 heterocycles. The molecular formula is C17H12N2O2. The number of aromatic nitrogens is 2. The van der Waals surface area contributed by atoms with Crippen molar-refractivity contribution in [2.24, 2.45) is 0 Å². The van der Waals surface area contributed by atoms with Crippen molar-refractivity contribution >= 4 is 27.8 Å². The molecule has 0 unspecified atom stereocenters. The Morgan fingerprint density at radius 1 is 1.10 bits per heavy atom. The summed E-state index contributed by atoms with van der Waals surface area (Å²) in [5, 5.41) is 0.941. The Bertz CT molecular complexity index is 916. The molecule has 2 aromatic carbocycles. The number of Topliss-reactive ketones (excluding diaryl/α,β-unsaturated/α-hetero) is 1. The van der Waals surface area contributed by atoms with Crippen LogP contribution in [0.25, 0.3) is 22.0 Å². The maximum absolute atomic E-state index is 12.4. The minimum Gasteiger partial charge on any atom is -0.453 e. The summed E-state index contributed by atoms with van der Waals surface area (Å²) >= 11 is 0. The first-order chi connectivity index (χ1) is 10.3. The van der Waals surface area contributed by atoms with Crippen molar-refractivity contribution < 1.29 is 9.21 Å². The molecule has 0 fully saturated rings. The second-order valence-corrected chi connectivity index (χ2v) is 4.93. The highest BCUT2D eigenvalue weighted by molar-refractivity contribution is 5.98. The van der Waals surface area contributed by atoms with Crippen LogP contribution in [0.3, 0.4) is 0 Å². The van der Waals surface area contributed by atoms with Gasteiger partial charge in [0.05, 0.1) is 23.9 Å². The third-order valence-electron chi connectivity index (χ3n) is 3.54. The summed E-state index contributed by atoms with van der Waals surface area (Å²) in [6, 6.07) is 17.1. The molecule has 0 bridgehead atoms. The van der Waals surface area contributed by atoms with Crippen molar-refractivity contribution in [2.45, 2.75) is 6.54 Å². The third kappa shape index (κ3) is 2.01. The van der Waals surface area contributed by atoms with Crippen LogP contribution in [0.4, 0.5) is 0 Å². The smallest absolute Gasteiger partial charge is 0.217 e. The van der Waals surface area contributed by atoms with Gasteiger partial charge >= 0.3 is 0 Å². The summed E-state index contributed by atoms with van der Waals surface area (Å²) in [7, 11) is 0. The molecule has 0 atom stereocenters. The standard InChI is InChI=1S/C17H12N2O2/c20-15(17-9-12-5-1-4-8-16(12)21-17)10-19-11-18-13-6-2-3-7-14(13)19/h1-9,11H,10H2. The van der Waals surface area contributed by atoms with Gasteiger partial charge in [-0.1, -0.05) is 30.3 Å². The molecule has 102 valence electrons. The van der Waals surface area contributed by atoms with E-state index in [1.54, 1.807) is 12.4 Å². The lowest BCUT2D eigenvalue weighted by molar-refractivity contribution is 0.0948. The van der Waals surface area contributed by atoms with E-state index in [2.05, 4.69) is 4.98 Å². The predicted molar refractivity (Wildman–Crippen MR) is 80.3 cm³/mol. The average molecular weight is 276 g/mol. The number of rotatable bonds is 3. The third-order valence-corrected chi connectivity index (χ3v) is 3.54. The number of ketones is 1. The van der Waals surface area contributed by atoms with E-state index in [1.807, 2.05) is 53.1 Å². The number of hydrogen-bond acceptors (Lipinski definition) is 3. The molecule has 0 saturated carbocycles. The Hall–Kier alpha value is -2.88. The zero-order valence-corrected chi connectivity index (χ0v) is 11.2. The molecule has 0 spiro atoms. The normalized spacial score (nSPS) is 11.2. The number of benzene rings is 2. The van der Waals surface area contributed by atoms with Gasteiger partial charge in [0, 0.05) is 5.39 Å².